The molecule has 26 heavy (non-hydrogen) atoms. The van der Waals surface area contributed by atoms with Gasteiger partial charge in [-0.05, 0) is 42.3 Å². The summed E-state index contributed by atoms with van der Waals surface area (Å²) in [7, 11) is -3.46. The first-order valence-electron chi connectivity index (χ1n) is 8.53. The predicted molar refractivity (Wildman–Crippen MR) is 101 cm³/mol. The zero-order valence-electron chi connectivity index (χ0n) is 14.3. The van der Waals surface area contributed by atoms with Gasteiger partial charge in [-0.2, -0.15) is 0 Å². The van der Waals surface area contributed by atoms with E-state index in [9.17, 15) is 13.2 Å². The molecular weight excluding hydrogens is 372 g/mol. The maximum absolute atomic E-state index is 12.4. The van der Waals surface area contributed by atoms with Gasteiger partial charge in [0.25, 0.3) is 5.91 Å². The average Bonchev–Trinajstić information content (AvgIpc) is 3.21. The van der Waals surface area contributed by atoms with Gasteiger partial charge in [0, 0.05) is 19.6 Å². The van der Waals surface area contributed by atoms with Gasteiger partial charge in [0.05, 0.1) is 0 Å². The third-order valence-electron chi connectivity index (χ3n) is 4.30. The van der Waals surface area contributed by atoms with Crippen LogP contribution in [0.1, 0.15) is 12.8 Å². The van der Waals surface area contributed by atoms with Crippen LogP contribution in [0.5, 0.6) is 5.75 Å². The quantitative estimate of drug-likeness (QED) is 0.782. The van der Waals surface area contributed by atoms with Gasteiger partial charge in [0.2, 0.25) is 10.0 Å². The minimum Gasteiger partial charge on any atom is -0.484 e. The third kappa shape index (κ3) is 5.06. The van der Waals surface area contributed by atoms with Crippen LogP contribution in [0.4, 0.5) is 0 Å². The number of amides is 1. The van der Waals surface area contributed by atoms with E-state index in [4.69, 9.17) is 4.74 Å². The van der Waals surface area contributed by atoms with Crippen molar-refractivity contribution in [2.45, 2.75) is 17.1 Å². The molecule has 3 rings (SSSR count). The summed E-state index contributed by atoms with van der Waals surface area (Å²) in [6.45, 7) is 1.57. The Morgan fingerprint density at radius 2 is 2.04 bits per heavy atom. The molecule has 2 heterocycles. The monoisotopic (exact) mass is 394 g/mol. The lowest BCUT2D eigenvalue weighted by molar-refractivity contribution is -0.135. The summed E-state index contributed by atoms with van der Waals surface area (Å²) in [4.78, 5) is 14.1. The number of rotatable bonds is 7. The van der Waals surface area contributed by atoms with Crippen molar-refractivity contribution in [1.82, 2.24) is 9.62 Å². The molecule has 8 heteroatoms. The summed E-state index contributed by atoms with van der Waals surface area (Å²) in [6.07, 6.45) is 1.76. The van der Waals surface area contributed by atoms with Gasteiger partial charge < -0.3 is 9.64 Å². The van der Waals surface area contributed by atoms with Gasteiger partial charge >= 0.3 is 0 Å². The highest BCUT2D eigenvalue weighted by Crippen LogP contribution is 2.19. The zero-order chi connectivity index (χ0) is 18.4. The molecule has 1 fully saturated rings. The van der Waals surface area contributed by atoms with E-state index in [1.165, 1.54) is 11.3 Å². The van der Waals surface area contributed by atoms with E-state index in [-0.39, 0.29) is 18.4 Å². The lowest BCUT2D eigenvalue weighted by Crippen LogP contribution is -2.45. The molecule has 0 bridgehead atoms. The van der Waals surface area contributed by atoms with Gasteiger partial charge in [-0.3, -0.25) is 4.79 Å². The van der Waals surface area contributed by atoms with Gasteiger partial charge in [-0.15, -0.1) is 11.3 Å². The van der Waals surface area contributed by atoms with Crippen molar-refractivity contribution in [3.05, 3.63) is 47.8 Å². The van der Waals surface area contributed by atoms with E-state index < -0.39 is 10.0 Å². The number of thiophene rings is 1. The third-order valence-corrected chi connectivity index (χ3v) is 7.12. The first-order chi connectivity index (χ1) is 12.5. The first-order valence-corrected chi connectivity index (χ1v) is 10.9. The van der Waals surface area contributed by atoms with Crippen molar-refractivity contribution in [2.24, 2.45) is 5.92 Å². The number of para-hydroxylation sites is 1. The number of likely N-dealkylation sites (tertiary alicyclic amines) is 1. The molecule has 0 saturated carbocycles. The molecule has 1 atom stereocenters. The molecule has 1 N–H and O–H groups in total. The van der Waals surface area contributed by atoms with E-state index in [2.05, 4.69) is 4.72 Å². The Morgan fingerprint density at radius 1 is 1.23 bits per heavy atom. The number of piperidine rings is 1. The van der Waals surface area contributed by atoms with E-state index in [1.807, 2.05) is 30.3 Å². The normalized spacial score (nSPS) is 17.8. The van der Waals surface area contributed by atoms with Gasteiger partial charge in [0.1, 0.15) is 9.96 Å². The van der Waals surface area contributed by atoms with Crippen LogP contribution in [0.3, 0.4) is 0 Å². The molecule has 0 spiro atoms. The topological polar surface area (TPSA) is 75.7 Å². The molecule has 1 aliphatic rings. The maximum atomic E-state index is 12.4. The molecule has 0 unspecified atom stereocenters. The largest absolute Gasteiger partial charge is 0.484 e. The molecule has 1 aromatic heterocycles. The van der Waals surface area contributed by atoms with Crippen LogP contribution in [-0.2, 0) is 14.8 Å². The van der Waals surface area contributed by atoms with Crippen LogP contribution in [0.15, 0.2) is 52.1 Å². The molecule has 140 valence electrons. The maximum Gasteiger partial charge on any atom is 0.260 e. The first kappa shape index (κ1) is 18.9. The Balaban J connectivity index is 1.48. The lowest BCUT2D eigenvalue weighted by atomic mass is 9.98. The Kier molecular flexibility index (Phi) is 6.29. The number of nitrogens with one attached hydrogen (secondary N) is 1. The van der Waals surface area contributed by atoms with Crippen molar-refractivity contribution < 1.29 is 17.9 Å². The van der Waals surface area contributed by atoms with Crippen molar-refractivity contribution in [2.75, 3.05) is 26.2 Å². The van der Waals surface area contributed by atoms with Crippen molar-refractivity contribution in [1.29, 1.82) is 0 Å². The summed E-state index contributed by atoms with van der Waals surface area (Å²) in [5, 5.41) is 1.74. The summed E-state index contributed by atoms with van der Waals surface area (Å²) in [5.74, 6) is 0.706. The minimum absolute atomic E-state index is 0.00233. The number of ether oxygens (including phenoxy) is 1. The van der Waals surface area contributed by atoms with E-state index in [1.54, 1.807) is 22.4 Å². The second-order valence-corrected chi connectivity index (χ2v) is 9.18. The molecule has 2 aromatic rings. The molecule has 6 nitrogen and oxygen atoms in total. The Hall–Kier alpha value is -1.90. The number of nitrogens with zero attached hydrogens (tertiary/aromatic N) is 1. The summed E-state index contributed by atoms with van der Waals surface area (Å²) in [5.41, 5.74) is 0. The molecule has 0 aliphatic carbocycles. The van der Waals surface area contributed by atoms with Crippen molar-refractivity contribution >= 4 is 27.3 Å². The minimum atomic E-state index is -3.46. The van der Waals surface area contributed by atoms with Gasteiger partial charge in [-0.25, -0.2) is 13.1 Å². The second-order valence-electron chi connectivity index (χ2n) is 6.23. The molecule has 1 aliphatic heterocycles. The van der Waals surface area contributed by atoms with Crippen LogP contribution in [0.25, 0.3) is 0 Å². The number of carbonyl (C=O) groups is 1. The Bertz CT molecular complexity index is 807. The summed E-state index contributed by atoms with van der Waals surface area (Å²) < 4.78 is 32.9. The summed E-state index contributed by atoms with van der Waals surface area (Å²) in [6, 6.07) is 12.5. The zero-order valence-corrected chi connectivity index (χ0v) is 16.0. The fraction of sp³-hybridized carbons (Fsp3) is 0.389. The predicted octanol–water partition coefficient (Wildman–Crippen LogP) is 2.34. The Labute approximate surface area is 157 Å². The number of carbonyl (C=O) groups excluding carboxylic acids is 1. The number of sulfonamides is 1. The fourth-order valence-corrected chi connectivity index (χ4v) is 5.08. The highest BCUT2D eigenvalue weighted by atomic mass is 32.2. The Morgan fingerprint density at radius 3 is 2.77 bits per heavy atom. The SMILES string of the molecule is O=C(COc1ccccc1)N1CCC[C@H](CNS(=O)(=O)c2cccs2)C1. The average molecular weight is 395 g/mol. The second kappa shape index (κ2) is 8.66. The van der Waals surface area contributed by atoms with Crippen LogP contribution in [-0.4, -0.2) is 45.5 Å². The van der Waals surface area contributed by atoms with Crippen LogP contribution < -0.4 is 9.46 Å². The lowest BCUT2D eigenvalue weighted by Gasteiger charge is -2.32. The van der Waals surface area contributed by atoms with Crippen LogP contribution in [0.2, 0.25) is 0 Å². The number of hydrogen-bond donors (Lipinski definition) is 1. The smallest absolute Gasteiger partial charge is 0.260 e. The van der Waals surface area contributed by atoms with Gasteiger partial charge in [0.15, 0.2) is 6.61 Å². The highest BCUT2D eigenvalue weighted by Gasteiger charge is 2.25. The molecule has 1 saturated heterocycles. The van der Waals surface area contributed by atoms with E-state index in [0.29, 0.717) is 29.6 Å². The fourth-order valence-electron chi connectivity index (χ4n) is 2.93. The van der Waals surface area contributed by atoms with Gasteiger partial charge in [-0.1, -0.05) is 24.3 Å². The summed E-state index contributed by atoms with van der Waals surface area (Å²) >= 11 is 1.19. The molecule has 1 aromatic carbocycles. The van der Waals surface area contributed by atoms with E-state index >= 15 is 0 Å². The molecular formula is C18H22N2O4S2. The molecule has 0 radical (unpaired) electrons. The van der Waals surface area contributed by atoms with Crippen LogP contribution >= 0.6 is 11.3 Å². The van der Waals surface area contributed by atoms with E-state index in [0.717, 1.165) is 12.8 Å². The van der Waals surface area contributed by atoms with Crippen molar-refractivity contribution in [3.8, 4) is 5.75 Å². The highest BCUT2D eigenvalue weighted by molar-refractivity contribution is 7.91. The van der Waals surface area contributed by atoms with Crippen LogP contribution in [0, 0.1) is 5.92 Å². The van der Waals surface area contributed by atoms with Crippen molar-refractivity contribution in [3.63, 3.8) is 0 Å². The molecule has 1 amide bonds. The number of benzene rings is 1. The number of hydrogen-bond acceptors (Lipinski definition) is 5. The standard InChI is InChI=1S/C18H22N2O4S2/c21-17(14-24-16-7-2-1-3-8-16)20-10-4-6-15(13-20)12-19-26(22,23)18-9-5-11-25-18/h1-3,5,7-9,11,15,19H,4,6,10,12-14H2/t15-/m1/s1.